The number of halogens is 5. The molecule has 3 N–H and O–H groups in total. The Labute approximate surface area is 428 Å². The Morgan fingerprint density at radius 3 is 2.10 bits per heavy atom. The van der Waals surface area contributed by atoms with Gasteiger partial charge in [0.2, 0.25) is 0 Å². The van der Waals surface area contributed by atoms with E-state index in [0.29, 0.717) is 90.7 Å². The molecule has 1 atom stereocenters. The predicted molar refractivity (Wildman–Crippen MR) is 281 cm³/mol. The molecule has 2 heterocycles. The van der Waals surface area contributed by atoms with Gasteiger partial charge in [-0.2, -0.15) is 13.2 Å². The number of sulfone groups is 1. The van der Waals surface area contributed by atoms with Crippen LogP contribution in [-0.4, -0.2) is 101 Å². The smallest absolute Gasteiger partial charge is 0.478 e. The molecule has 1 fully saturated rings. The van der Waals surface area contributed by atoms with Gasteiger partial charge >= 0.3 is 11.5 Å². The summed E-state index contributed by atoms with van der Waals surface area (Å²) in [6.45, 7) is 9.46. The predicted octanol–water partition coefficient (Wildman–Crippen LogP) is 11.8. The number of carbonyl (C=O) groups is 1. The van der Waals surface area contributed by atoms with E-state index < -0.39 is 53.0 Å². The highest BCUT2D eigenvalue weighted by Crippen LogP contribution is 2.42. The summed E-state index contributed by atoms with van der Waals surface area (Å²) in [5, 5.41) is 14.0. The van der Waals surface area contributed by atoms with E-state index in [-0.39, 0.29) is 16.9 Å². The lowest BCUT2D eigenvalue weighted by atomic mass is 9.96. The van der Waals surface area contributed by atoms with Crippen LogP contribution in [0.1, 0.15) is 49.2 Å². The Morgan fingerprint density at radius 1 is 0.833 bits per heavy atom. The Kier molecular flexibility index (Phi) is 17.3. The van der Waals surface area contributed by atoms with E-state index in [2.05, 4.69) is 26.8 Å². The van der Waals surface area contributed by atoms with Crippen LogP contribution in [0.4, 0.5) is 40.3 Å². The van der Waals surface area contributed by atoms with Gasteiger partial charge in [0.25, 0.3) is 19.9 Å². The van der Waals surface area contributed by atoms with Crippen LogP contribution in [0.2, 0.25) is 5.02 Å². The highest BCUT2D eigenvalue weighted by atomic mass is 35.5. The summed E-state index contributed by atoms with van der Waals surface area (Å²) >= 11 is 7.66. The maximum absolute atomic E-state index is 15.6. The van der Waals surface area contributed by atoms with Crippen molar-refractivity contribution in [2.24, 2.45) is 0 Å². The van der Waals surface area contributed by atoms with Crippen LogP contribution in [0, 0.1) is 12.7 Å². The summed E-state index contributed by atoms with van der Waals surface area (Å²) < 4.78 is 116. The second kappa shape index (κ2) is 23.0. The molecule has 0 spiro atoms. The number of aromatic nitrogens is 1. The van der Waals surface area contributed by atoms with E-state index in [9.17, 15) is 39.9 Å². The molecule has 72 heavy (non-hydrogen) atoms. The normalized spacial score (nSPS) is 13.9. The molecular formula is C52H57ClF4N6O6S3. The molecule has 6 aromatic rings. The third-order valence-corrected chi connectivity index (χ3v) is 17.0. The van der Waals surface area contributed by atoms with Crippen molar-refractivity contribution in [1.82, 2.24) is 9.47 Å². The van der Waals surface area contributed by atoms with Gasteiger partial charge in [-0.05, 0) is 143 Å². The number of anilines is 4. The lowest BCUT2D eigenvalue weighted by molar-refractivity contribution is -0.0435. The summed E-state index contributed by atoms with van der Waals surface area (Å²) in [5.74, 6) is -1.28. The average Bonchev–Trinajstić information content (AvgIpc) is 3.66. The lowest BCUT2D eigenvalue weighted by Gasteiger charge is -2.37. The van der Waals surface area contributed by atoms with Crippen LogP contribution in [-0.2, 0) is 26.4 Å². The molecular weight excluding hydrogens is 1010 g/mol. The number of nitrogens with zero attached hydrogens (tertiary/aromatic N) is 4. The van der Waals surface area contributed by atoms with Crippen molar-refractivity contribution in [3.8, 4) is 22.4 Å². The number of piperazine rings is 1. The number of hydrogen-bond donors (Lipinski definition) is 3. The highest BCUT2D eigenvalue weighted by Gasteiger charge is 2.48. The van der Waals surface area contributed by atoms with Gasteiger partial charge in [-0.3, -0.25) is 4.72 Å². The van der Waals surface area contributed by atoms with Crippen molar-refractivity contribution < 1.29 is 44.3 Å². The van der Waals surface area contributed by atoms with Gasteiger partial charge in [-0.25, -0.2) is 26.0 Å². The minimum Gasteiger partial charge on any atom is -0.478 e. The van der Waals surface area contributed by atoms with E-state index in [1.807, 2.05) is 53.8 Å². The Hall–Kier alpha value is -5.73. The Balaban J connectivity index is 1.07. The zero-order chi connectivity index (χ0) is 52.0. The molecule has 5 aromatic carbocycles. The molecule has 1 aliphatic rings. The summed E-state index contributed by atoms with van der Waals surface area (Å²) in [6, 6.07) is 29.5. The molecule has 0 unspecified atom stereocenters. The van der Waals surface area contributed by atoms with Crippen molar-refractivity contribution >= 4 is 71.9 Å². The number of rotatable bonds is 21. The van der Waals surface area contributed by atoms with Gasteiger partial charge in [-0.1, -0.05) is 55.3 Å². The molecule has 384 valence electrons. The number of nitrogens with one attached hydrogen (secondary N) is 2. The topological polar surface area (TPSA) is 144 Å². The number of benzene rings is 5. The van der Waals surface area contributed by atoms with Gasteiger partial charge in [0.1, 0.15) is 10.7 Å². The number of alkyl halides is 3. The van der Waals surface area contributed by atoms with Crippen LogP contribution in [0.3, 0.4) is 0 Å². The second-order valence-corrected chi connectivity index (χ2v) is 22.7. The standard InChI is InChI=1S/C52H57ClF4N6O6S3/c1-5-7-24-60(4)25-23-41(34-70-44-11-9-8-10-12-44)58-46-22-21-45(33-47(46)71(66,67)52(55,56)57)72(68,69)59-40-17-19-42(20-18-40)61-26-28-62(29-27-61)43-31-37(30-39(54)32-43)49-48(51(64)65)35(3)63(6-2)50(49)36-13-15-38(53)16-14-36/h8-22,30-33,41,58-59H,5-7,23-29,34H2,1-4H3,(H,64,65)/t41-/m1/s1. The molecule has 7 rings (SSSR count). The van der Waals surface area contributed by atoms with Crippen LogP contribution in [0.15, 0.2) is 130 Å². The van der Waals surface area contributed by atoms with E-state index in [1.54, 1.807) is 49.4 Å². The molecule has 0 aliphatic carbocycles. The number of hydrogen-bond acceptors (Lipinski definition) is 10. The van der Waals surface area contributed by atoms with Gasteiger partial charge in [0.15, 0.2) is 0 Å². The molecule has 1 aliphatic heterocycles. The molecule has 1 saturated heterocycles. The molecule has 0 radical (unpaired) electrons. The van der Waals surface area contributed by atoms with Crippen LogP contribution < -0.4 is 19.8 Å². The zero-order valence-corrected chi connectivity index (χ0v) is 43.4. The fraction of sp³-hybridized carbons (Fsp3) is 0.327. The zero-order valence-electron chi connectivity index (χ0n) is 40.2. The SMILES string of the molecule is CCCCN(C)CC[C@H](CSc1ccccc1)Nc1ccc(S(=O)(=O)Nc2ccc(N3CCN(c4cc(F)cc(-c5c(C(=O)O)c(C)n(CC)c5-c5ccc(Cl)cc5)c4)CC3)cc2)cc1S(=O)(=O)C(F)(F)F. The number of carboxylic acid groups (broad SMARTS) is 1. The van der Waals surface area contributed by atoms with Crippen molar-refractivity contribution in [3.63, 3.8) is 0 Å². The number of thioether (sulfide) groups is 1. The first-order valence-corrected chi connectivity index (χ1v) is 27.8. The lowest BCUT2D eigenvalue weighted by Crippen LogP contribution is -2.46. The van der Waals surface area contributed by atoms with Gasteiger partial charge in [0, 0.05) is 82.8 Å². The summed E-state index contributed by atoms with van der Waals surface area (Å²) in [6.07, 6.45) is 2.40. The van der Waals surface area contributed by atoms with Crippen LogP contribution in [0.5, 0.6) is 0 Å². The van der Waals surface area contributed by atoms with Crippen LogP contribution in [0.25, 0.3) is 22.4 Å². The Bertz CT molecular complexity index is 3080. The molecule has 0 bridgehead atoms. The first-order chi connectivity index (χ1) is 34.2. The van der Waals surface area contributed by atoms with E-state index in [4.69, 9.17) is 11.6 Å². The number of aromatic carboxylic acids is 1. The first-order valence-electron chi connectivity index (χ1n) is 23.4. The Morgan fingerprint density at radius 2 is 1.49 bits per heavy atom. The van der Waals surface area contributed by atoms with Crippen molar-refractivity contribution in [2.75, 3.05) is 71.9 Å². The third kappa shape index (κ3) is 12.5. The van der Waals surface area contributed by atoms with Crippen molar-refractivity contribution in [2.45, 2.75) is 72.8 Å². The fourth-order valence-electron chi connectivity index (χ4n) is 8.84. The number of carboxylic acids is 1. The van der Waals surface area contributed by atoms with Crippen LogP contribution >= 0.6 is 23.4 Å². The first kappa shape index (κ1) is 54.1. The number of unbranched alkanes of at least 4 members (excludes halogenated alkanes) is 1. The van der Waals surface area contributed by atoms with Crippen molar-refractivity contribution in [1.29, 1.82) is 0 Å². The van der Waals surface area contributed by atoms with E-state index >= 15 is 4.39 Å². The number of sulfonamides is 1. The van der Waals surface area contributed by atoms with Gasteiger partial charge in [0.05, 0.1) is 21.8 Å². The largest absolute Gasteiger partial charge is 0.501 e. The summed E-state index contributed by atoms with van der Waals surface area (Å²) in [4.78, 5) is 18.0. The molecule has 0 amide bonds. The van der Waals surface area contributed by atoms with Crippen molar-refractivity contribution in [3.05, 3.63) is 137 Å². The minimum absolute atomic E-state index is 0.0774. The second-order valence-electron chi connectivity index (χ2n) is 17.6. The average molecular weight is 1070 g/mol. The molecule has 0 saturated carbocycles. The third-order valence-electron chi connectivity index (χ3n) is 12.6. The van der Waals surface area contributed by atoms with E-state index in [0.717, 1.165) is 47.7 Å². The van der Waals surface area contributed by atoms with Gasteiger partial charge < -0.3 is 29.7 Å². The van der Waals surface area contributed by atoms with Gasteiger partial charge in [-0.15, -0.1) is 11.8 Å². The maximum atomic E-state index is 15.6. The summed E-state index contributed by atoms with van der Waals surface area (Å²) in [7, 11) is -8.69. The monoisotopic (exact) mass is 1070 g/mol. The highest BCUT2D eigenvalue weighted by molar-refractivity contribution is 7.99. The van der Waals surface area contributed by atoms with E-state index in [1.165, 1.54) is 36.0 Å². The quantitative estimate of drug-likeness (QED) is 0.0468. The maximum Gasteiger partial charge on any atom is 0.501 e. The molecule has 12 nitrogen and oxygen atoms in total. The summed E-state index contributed by atoms with van der Waals surface area (Å²) in [5.41, 5.74) is -1.91. The minimum atomic E-state index is -6.02. The fourth-order valence-corrected chi connectivity index (χ4v) is 12.1. The molecule has 20 heteroatoms. The molecule has 1 aromatic heterocycles.